The van der Waals surface area contributed by atoms with E-state index in [0.717, 1.165) is 6.26 Å². The van der Waals surface area contributed by atoms with Crippen molar-refractivity contribution in [2.45, 2.75) is 11.5 Å². The fourth-order valence-corrected chi connectivity index (χ4v) is 3.52. The first-order valence-corrected chi connectivity index (χ1v) is 10.6. The number of para-hydroxylation sites is 1. The Morgan fingerprint density at radius 1 is 1.17 bits per heavy atom. The Bertz CT molecular complexity index is 1320. The van der Waals surface area contributed by atoms with Crippen molar-refractivity contribution >= 4 is 9.84 Å². The highest BCUT2D eigenvalue weighted by Crippen LogP contribution is 2.27. The van der Waals surface area contributed by atoms with Crippen LogP contribution in [0.4, 0.5) is 4.39 Å². The fourth-order valence-electron chi connectivity index (χ4n) is 2.85. The van der Waals surface area contributed by atoms with E-state index in [1.54, 1.807) is 30.3 Å². The van der Waals surface area contributed by atoms with Crippen LogP contribution in [0, 0.1) is 5.82 Å². The Balaban J connectivity index is 1.77. The van der Waals surface area contributed by atoms with E-state index in [1.807, 2.05) is 0 Å². The van der Waals surface area contributed by atoms with Crippen LogP contribution in [0.3, 0.4) is 0 Å². The summed E-state index contributed by atoms with van der Waals surface area (Å²) >= 11 is 0. The largest absolute Gasteiger partial charge is 0.378 e. The van der Waals surface area contributed by atoms with Gasteiger partial charge in [-0.15, -0.1) is 5.10 Å². The second-order valence-corrected chi connectivity index (χ2v) is 8.42. The van der Waals surface area contributed by atoms with Crippen LogP contribution in [0.15, 0.2) is 57.9 Å². The minimum absolute atomic E-state index is 0.0457. The van der Waals surface area contributed by atoms with Crippen LogP contribution in [0.1, 0.15) is 5.69 Å². The van der Waals surface area contributed by atoms with Gasteiger partial charge in [-0.2, -0.15) is 4.98 Å². The van der Waals surface area contributed by atoms with Crippen molar-refractivity contribution < 1.29 is 22.1 Å². The summed E-state index contributed by atoms with van der Waals surface area (Å²) in [6.07, 6.45) is 1.12. The maximum absolute atomic E-state index is 14.2. The van der Waals surface area contributed by atoms with Crippen LogP contribution >= 0.6 is 0 Å². The molecule has 0 amide bonds. The Hall–Kier alpha value is -3.44. The van der Waals surface area contributed by atoms with E-state index in [-0.39, 0.29) is 34.6 Å². The molecule has 0 saturated heterocycles. The first-order valence-electron chi connectivity index (χ1n) is 8.71. The molecule has 0 aliphatic heterocycles. The minimum Gasteiger partial charge on any atom is -0.378 e. The zero-order chi connectivity index (χ0) is 21.3. The van der Waals surface area contributed by atoms with Gasteiger partial charge in [-0.1, -0.05) is 34.6 Å². The topological polar surface area (TPSA) is 113 Å². The summed E-state index contributed by atoms with van der Waals surface area (Å²) in [4.78, 5) is 4.44. The van der Waals surface area contributed by atoms with Crippen molar-refractivity contribution in [1.29, 1.82) is 0 Å². The molecule has 0 aliphatic rings. The summed E-state index contributed by atoms with van der Waals surface area (Å²) < 4.78 is 49.7. The van der Waals surface area contributed by atoms with Crippen LogP contribution in [-0.2, 0) is 21.2 Å². The molecule has 0 radical (unpaired) electrons. The summed E-state index contributed by atoms with van der Waals surface area (Å²) in [6, 6.07) is 12.3. The molecule has 0 bridgehead atoms. The van der Waals surface area contributed by atoms with Gasteiger partial charge < -0.3 is 9.26 Å². The average molecular weight is 429 g/mol. The molecular weight excluding hydrogens is 413 g/mol. The number of hydrogen-bond donors (Lipinski definition) is 0. The van der Waals surface area contributed by atoms with Gasteiger partial charge in [0.25, 0.3) is 5.89 Å². The number of methoxy groups -OCH3 is 1. The van der Waals surface area contributed by atoms with Crippen molar-refractivity contribution in [3.05, 3.63) is 60.0 Å². The summed E-state index contributed by atoms with van der Waals surface area (Å²) in [5, 5.41) is 12.0. The molecule has 30 heavy (non-hydrogen) atoms. The van der Waals surface area contributed by atoms with Crippen molar-refractivity contribution in [2.75, 3.05) is 13.4 Å². The Labute approximate surface area is 171 Å². The van der Waals surface area contributed by atoms with Gasteiger partial charge in [0, 0.05) is 18.9 Å². The highest BCUT2D eigenvalue weighted by molar-refractivity contribution is 7.90. The summed E-state index contributed by atoms with van der Waals surface area (Å²) in [5.41, 5.74) is 1.31. The van der Waals surface area contributed by atoms with E-state index >= 15 is 0 Å². The Kier molecular flexibility index (Phi) is 5.14. The third-order valence-electron chi connectivity index (χ3n) is 4.27. The third-order valence-corrected chi connectivity index (χ3v) is 5.38. The van der Waals surface area contributed by atoms with E-state index in [2.05, 4.69) is 20.5 Å². The van der Waals surface area contributed by atoms with Crippen LogP contribution in [0.5, 0.6) is 0 Å². The maximum Gasteiger partial charge on any atom is 0.280 e. The molecule has 0 fully saturated rings. The first kappa shape index (κ1) is 19.9. The van der Waals surface area contributed by atoms with E-state index in [0.29, 0.717) is 11.3 Å². The molecule has 0 saturated carbocycles. The zero-order valence-electron chi connectivity index (χ0n) is 16.0. The van der Waals surface area contributed by atoms with E-state index < -0.39 is 15.7 Å². The molecular formula is C19H16FN5O4S. The smallest absolute Gasteiger partial charge is 0.280 e. The van der Waals surface area contributed by atoms with Gasteiger partial charge in [0.05, 0.1) is 11.5 Å². The number of nitrogens with zero attached hydrogens (tertiary/aromatic N) is 5. The molecule has 2 aromatic heterocycles. The van der Waals surface area contributed by atoms with Gasteiger partial charge >= 0.3 is 0 Å². The van der Waals surface area contributed by atoms with Crippen LogP contribution in [-0.4, -0.2) is 46.9 Å². The number of aromatic nitrogens is 5. The predicted octanol–water partition coefficient (Wildman–Crippen LogP) is 2.67. The van der Waals surface area contributed by atoms with Gasteiger partial charge in [0.1, 0.15) is 17.2 Å². The molecule has 0 N–H and O–H groups in total. The lowest BCUT2D eigenvalue weighted by atomic mass is 10.2. The standard InChI is InChI=1S/C19H16FN5O4S/c1-28-11-16-17(22-24-25(16)15-9-4-3-8-14(15)20)19-21-18(23-29-19)12-6-5-7-13(10-12)30(2,26)27/h3-10H,11H2,1-2H3. The van der Waals surface area contributed by atoms with E-state index in [9.17, 15) is 12.8 Å². The quantitative estimate of drug-likeness (QED) is 0.460. The number of hydrogen-bond acceptors (Lipinski definition) is 8. The molecule has 0 spiro atoms. The number of sulfone groups is 1. The summed E-state index contributed by atoms with van der Waals surface area (Å²) in [6.45, 7) is 0.0674. The lowest BCUT2D eigenvalue weighted by molar-refractivity contribution is 0.179. The molecule has 0 aliphatic carbocycles. The molecule has 2 heterocycles. The minimum atomic E-state index is -3.39. The van der Waals surface area contributed by atoms with Crippen molar-refractivity contribution in [2.24, 2.45) is 0 Å². The lowest BCUT2D eigenvalue weighted by Gasteiger charge is -2.06. The average Bonchev–Trinajstić information content (AvgIpc) is 3.36. The molecule has 2 aromatic carbocycles. The van der Waals surface area contributed by atoms with Gasteiger partial charge in [0.2, 0.25) is 5.82 Å². The van der Waals surface area contributed by atoms with E-state index in [1.165, 1.54) is 30.0 Å². The number of benzene rings is 2. The third kappa shape index (κ3) is 3.72. The molecule has 0 atom stereocenters. The normalized spacial score (nSPS) is 11.7. The van der Waals surface area contributed by atoms with Crippen molar-refractivity contribution in [1.82, 2.24) is 25.1 Å². The van der Waals surface area contributed by atoms with Crippen LogP contribution in [0.25, 0.3) is 28.7 Å². The predicted molar refractivity (Wildman–Crippen MR) is 104 cm³/mol. The maximum atomic E-state index is 14.2. The Morgan fingerprint density at radius 2 is 1.97 bits per heavy atom. The second-order valence-electron chi connectivity index (χ2n) is 6.40. The van der Waals surface area contributed by atoms with Gasteiger partial charge in [-0.3, -0.25) is 0 Å². The monoisotopic (exact) mass is 429 g/mol. The van der Waals surface area contributed by atoms with Gasteiger partial charge in [-0.05, 0) is 24.3 Å². The van der Waals surface area contributed by atoms with Gasteiger partial charge in [0.15, 0.2) is 15.5 Å². The summed E-state index contributed by atoms with van der Waals surface area (Å²) in [5.74, 6) is -0.251. The fraction of sp³-hybridized carbons (Fsp3) is 0.158. The number of halogens is 1. The highest BCUT2D eigenvalue weighted by Gasteiger charge is 2.23. The van der Waals surface area contributed by atoms with Gasteiger partial charge in [-0.25, -0.2) is 17.5 Å². The van der Waals surface area contributed by atoms with Crippen molar-refractivity contribution in [3.8, 4) is 28.7 Å². The molecule has 4 rings (SSSR count). The van der Waals surface area contributed by atoms with E-state index in [4.69, 9.17) is 9.26 Å². The SMILES string of the molecule is COCc1c(-c2nc(-c3cccc(S(C)(=O)=O)c3)no2)nnn1-c1ccccc1F. The number of rotatable bonds is 6. The zero-order valence-corrected chi connectivity index (χ0v) is 16.8. The summed E-state index contributed by atoms with van der Waals surface area (Å²) in [7, 11) is -1.90. The first-order chi connectivity index (χ1) is 14.4. The van der Waals surface area contributed by atoms with Crippen molar-refractivity contribution in [3.63, 3.8) is 0 Å². The molecule has 9 nitrogen and oxygen atoms in total. The van der Waals surface area contributed by atoms with Crippen LogP contribution < -0.4 is 0 Å². The highest BCUT2D eigenvalue weighted by atomic mass is 32.2. The molecule has 11 heteroatoms. The number of ether oxygens (including phenoxy) is 1. The molecule has 4 aromatic rings. The molecule has 154 valence electrons. The second kappa shape index (κ2) is 7.76. The Morgan fingerprint density at radius 3 is 2.70 bits per heavy atom. The lowest BCUT2D eigenvalue weighted by Crippen LogP contribution is -2.06. The van der Waals surface area contributed by atoms with Crippen LogP contribution in [0.2, 0.25) is 0 Å². The molecule has 0 unspecified atom stereocenters.